The van der Waals surface area contributed by atoms with Crippen LogP contribution in [0, 0.1) is 12.7 Å². The molecule has 9 heteroatoms. The van der Waals surface area contributed by atoms with Crippen LogP contribution in [-0.4, -0.2) is 52.7 Å². The quantitative estimate of drug-likeness (QED) is 0.653. The van der Waals surface area contributed by atoms with E-state index in [-0.39, 0.29) is 11.4 Å². The summed E-state index contributed by atoms with van der Waals surface area (Å²) >= 11 is 0. The molecule has 162 valence electrons. The van der Waals surface area contributed by atoms with Crippen molar-refractivity contribution in [3.63, 3.8) is 0 Å². The predicted octanol–water partition coefficient (Wildman–Crippen LogP) is 2.86. The van der Waals surface area contributed by atoms with Crippen LogP contribution in [0.3, 0.4) is 0 Å². The number of piperazine rings is 1. The number of hydrogen-bond donors (Lipinski definition) is 2. The van der Waals surface area contributed by atoms with Gasteiger partial charge in [-0.15, -0.1) is 0 Å². The third-order valence-corrected chi connectivity index (χ3v) is 5.40. The van der Waals surface area contributed by atoms with Gasteiger partial charge in [0, 0.05) is 56.9 Å². The van der Waals surface area contributed by atoms with Crippen LogP contribution in [0.1, 0.15) is 5.56 Å². The summed E-state index contributed by atoms with van der Waals surface area (Å²) < 4.78 is 16.3. The predicted molar refractivity (Wildman–Crippen MR) is 121 cm³/mol. The molecule has 1 aliphatic heterocycles. The van der Waals surface area contributed by atoms with Gasteiger partial charge in [0.1, 0.15) is 17.3 Å². The molecule has 0 unspecified atom stereocenters. The molecule has 1 aromatic carbocycles. The van der Waals surface area contributed by atoms with Crippen LogP contribution >= 0.6 is 0 Å². The Morgan fingerprint density at radius 1 is 1.06 bits per heavy atom. The Bertz CT molecular complexity index is 1140. The maximum Gasteiger partial charge on any atom is 0.274 e. The molecule has 0 aliphatic carbocycles. The van der Waals surface area contributed by atoms with Crippen molar-refractivity contribution in [3.05, 3.63) is 64.5 Å². The van der Waals surface area contributed by atoms with E-state index in [1.807, 2.05) is 13.0 Å². The number of hydrogen-bond acceptors (Lipinski definition) is 7. The smallest absolute Gasteiger partial charge is 0.274 e. The molecule has 0 amide bonds. The van der Waals surface area contributed by atoms with Gasteiger partial charge >= 0.3 is 0 Å². The van der Waals surface area contributed by atoms with Gasteiger partial charge in [-0.05, 0) is 44.3 Å². The number of halogens is 1. The fraction of sp³-hybridized carbons (Fsp3) is 0.318. The summed E-state index contributed by atoms with van der Waals surface area (Å²) in [6, 6.07) is 8.54. The topological polar surface area (TPSA) is 78.3 Å². The molecular weight excluding hydrogens is 397 g/mol. The lowest BCUT2D eigenvalue weighted by molar-refractivity contribution is 0.311. The van der Waals surface area contributed by atoms with Gasteiger partial charge in [0.15, 0.2) is 0 Å². The summed E-state index contributed by atoms with van der Waals surface area (Å²) in [6.45, 7) is 5.28. The molecule has 8 nitrogen and oxygen atoms in total. The zero-order valence-electron chi connectivity index (χ0n) is 17.9. The number of likely N-dealkylation sites (N-methyl/N-ethyl adjacent to an activating group) is 1. The molecule has 1 aliphatic rings. The van der Waals surface area contributed by atoms with Crippen molar-refractivity contribution >= 4 is 28.8 Å². The normalized spacial score (nSPS) is 14.5. The second kappa shape index (κ2) is 8.73. The largest absolute Gasteiger partial charge is 0.367 e. The van der Waals surface area contributed by atoms with Gasteiger partial charge in [0.2, 0.25) is 5.95 Å². The Kier molecular flexibility index (Phi) is 5.85. The first-order valence-electron chi connectivity index (χ1n) is 10.2. The van der Waals surface area contributed by atoms with E-state index in [1.54, 1.807) is 37.6 Å². The van der Waals surface area contributed by atoms with Crippen molar-refractivity contribution < 1.29 is 4.39 Å². The lowest BCUT2D eigenvalue weighted by Crippen LogP contribution is -2.44. The Balaban J connectivity index is 1.52. The minimum Gasteiger partial charge on any atom is -0.367 e. The maximum atomic E-state index is 14.8. The molecule has 0 bridgehead atoms. The third kappa shape index (κ3) is 4.66. The lowest BCUT2D eigenvalue weighted by Gasteiger charge is -2.34. The molecule has 0 spiro atoms. The van der Waals surface area contributed by atoms with Gasteiger partial charge in [-0.25, -0.2) is 9.37 Å². The van der Waals surface area contributed by atoms with Gasteiger partial charge in [-0.2, -0.15) is 4.98 Å². The summed E-state index contributed by atoms with van der Waals surface area (Å²) in [5.41, 5.74) is 2.21. The first kappa shape index (κ1) is 20.8. The van der Waals surface area contributed by atoms with E-state index in [1.165, 1.54) is 10.6 Å². The van der Waals surface area contributed by atoms with E-state index in [0.29, 0.717) is 28.8 Å². The average molecular weight is 423 g/mol. The van der Waals surface area contributed by atoms with Crippen molar-refractivity contribution in [2.75, 3.05) is 48.8 Å². The number of pyridine rings is 1. The molecule has 3 aromatic rings. The van der Waals surface area contributed by atoms with Gasteiger partial charge < -0.3 is 25.0 Å². The Morgan fingerprint density at radius 3 is 2.58 bits per heavy atom. The fourth-order valence-electron chi connectivity index (χ4n) is 3.47. The van der Waals surface area contributed by atoms with Crippen molar-refractivity contribution in [1.29, 1.82) is 0 Å². The van der Waals surface area contributed by atoms with Crippen molar-refractivity contribution in [3.8, 4) is 0 Å². The van der Waals surface area contributed by atoms with Crippen LogP contribution in [0.25, 0.3) is 0 Å². The van der Waals surface area contributed by atoms with E-state index in [0.717, 1.165) is 31.7 Å². The molecule has 31 heavy (non-hydrogen) atoms. The first-order valence-corrected chi connectivity index (χ1v) is 10.2. The molecule has 1 saturated heterocycles. The van der Waals surface area contributed by atoms with Crippen LogP contribution in [0.4, 0.5) is 33.2 Å². The van der Waals surface area contributed by atoms with Crippen LogP contribution in [0.15, 0.2) is 47.5 Å². The minimum atomic E-state index is -0.284. The average Bonchev–Trinajstić information content (AvgIpc) is 2.75. The minimum absolute atomic E-state index is 0.156. The Hall–Kier alpha value is -3.46. The molecular formula is C22H26FN7O. The highest BCUT2D eigenvalue weighted by Crippen LogP contribution is 2.26. The molecule has 4 rings (SSSR count). The van der Waals surface area contributed by atoms with Crippen LogP contribution in [0.5, 0.6) is 0 Å². The van der Waals surface area contributed by atoms with E-state index < -0.39 is 0 Å². The molecule has 0 radical (unpaired) electrons. The number of nitrogens with one attached hydrogen (secondary N) is 2. The number of benzene rings is 1. The maximum absolute atomic E-state index is 14.8. The molecule has 2 aromatic heterocycles. The van der Waals surface area contributed by atoms with Crippen LogP contribution in [0.2, 0.25) is 0 Å². The summed E-state index contributed by atoms with van der Waals surface area (Å²) in [5, 5.41) is 6.11. The standard InChI is InChI=1S/C22H26FN7O/c1-15-14-24-22(27-20(15)26-18-5-4-8-29(3)21(18)31)25-16-6-7-19(17(23)13-16)30-11-9-28(2)10-12-30/h4-8,13-14H,9-12H2,1-3H3,(H2,24,25,26,27). The zero-order chi connectivity index (χ0) is 22.0. The highest BCUT2D eigenvalue weighted by molar-refractivity contribution is 5.63. The third-order valence-electron chi connectivity index (χ3n) is 5.40. The summed E-state index contributed by atoms with van der Waals surface area (Å²) in [7, 11) is 3.76. The van der Waals surface area contributed by atoms with Crippen LogP contribution in [-0.2, 0) is 7.05 Å². The molecule has 2 N–H and O–H groups in total. The number of aryl methyl sites for hydroxylation is 2. The van der Waals surface area contributed by atoms with E-state index in [4.69, 9.17) is 0 Å². The second-order valence-electron chi connectivity index (χ2n) is 7.77. The van der Waals surface area contributed by atoms with E-state index >= 15 is 0 Å². The Labute approximate surface area is 180 Å². The monoisotopic (exact) mass is 423 g/mol. The molecule has 0 atom stereocenters. The van der Waals surface area contributed by atoms with Crippen molar-refractivity contribution in [2.45, 2.75) is 6.92 Å². The number of anilines is 5. The summed E-state index contributed by atoms with van der Waals surface area (Å²) in [5.74, 6) is 0.538. The van der Waals surface area contributed by atoms with Gasteiger partial charge in [-0.1, -0.05) is 0 Å². The van der Waals surface area contributed by atoms with Gasteiger partial charge in [0.05, 0.1) is 5.69 Å². The van der Waals surface area contributed by atoms with E-state index in [9.17, 15) is 9.18 Å². The van der Waals surface area contributed by atoms with Crippen molar-refractivity contribution in [1.82, 2.24) is 19.4 Å². The fourth-order valence-corrected chi connectivity index (χ4v) is 3.47. The van der Waals surface area contributed by atoms with E-state index in [2.05, 4.69) is 37.4 Å². The highest BCUT2D eigenvalue weighted by Gasteiger charge is 2.17. The molecule has 0 saturated carbocycles. The number of rotatable bonds is 5. The van der Waals surface area contributed by atoms with Gasteiger partial charge in [-0.3, -0.25) is 4.79 Å². The van der Waals surface area contributed by atoms with Gasteiger partial charge in [0.25, 0.3) is 5.56 Å². The zero-order valence-corrected chi connectivity index (χ0v) is 17.9. The number of nitrogens with zero attached hydrogens (tertiary/aromatic N) is 5. The van der Waals surface area contributed by atoms with Crippen molar-refractivity contribution in [2.24, 2.45) is 7.05 Å². The highest BCUT2D eigenvalue weighted by atomic mass is 19.1. The molecule has 1 fully saturated rings. The second-order valence-corrected chi connectivity index (χ2v) is 7.77. The summed E-state index contributed by atoms with van der Waals surface area (Å²) in [6.07, 6.45) is 3.34. The van der Waals surface area contributed by atoms with Crippen LogP contribution < -0.4 is 21.1 Å². The SMILES string of the molecule is Cc1cnc(Nc2ccc(N3CCN(C)CC3)c(F)c2)nc1Nc1cccn(C)c1=O. The Morgan fingerprint density at radius 2 is 1.84 bits per heavy atom. The molecule has 3 heterocycles. The lowest BCUT2D eigenvalue weighted by atomic mass is 10.2. The summed E-state index contributed by atoms with van der Waals surface area (Å²) in [4.78, 5) is 25.3. The first-order chi connectivity index (χ1) is 14.9. The number of aromatic nitrogens is 3.